The fraction of sp³-hybridized carbons (Fsp3) is 0.143. The van der Waals surface area contributed by atoms with Gasteiger partial charge in [0.05, 0.1) is 0 Å². The van der Waals surface area contributed by atoms with Crippen LogP contribution in [-0.4, -0.2) is 7.85 Å². The van der Waals surface area contributed by atoms with Crippen molar-refractivity contribution in [2.75, 3.05) is 0 Å². The van der Waals surface area contributed by atoms with Crippen molar-refractivity contribution in [2.45, 2.75) is 13.5 Å². The van der Waals surface area contributed by atoms with E-state index in [0.29, 0.717) is 5.56 Å². The zero-order chi connectivity index (χ0) is 13.1. The van der Waals surface area contributed by atoms with Crippen LogP contribution in [0, 0.1) is 18.6 Å². The van der Waals surface area contributed by atoms with Crippen LogP contribution in [0.3, 0.4) is 0 Å². The average molecular weight is 246 g/mol. The summed E-state index contributed by atoms with van der Waals surface area (Å²) >= 11 is 0. The molecule has 2 aromatic carbocycles. The van der Waals surface area contributed by atoms with Crippen molar-refractivity contribution >= 4 is 13.3 Å². The minimum Gasteiger partial charge on any atom is -0.486 e. The lowest BCUT2D eigenvalue weighted by molar-refractivity contribution is 0.290. The van der Waals surface area contributed by atoms with E-state index in [1.165, 1.54) is 12.1 Å². The van der Waals surface area contributed by atoms with E-state index in [2.05, 4.69) is 0 Å². The maximum absolute atomic E-state index is 13.5. The Hall–Kier alpha value is -1.84. The number of hydrogen-bond donors (Lipinski definition) is 0. The van der Waals surface area contributed by atoms with E-state index in [-0.39, 0.29) is 24.0 Å². The number of hydrogen-bond acceptors (Lipinski definition) is 1. The molecule has 2 aromatic rings. The molecule has 0 amide bonds. The van der Waals surface area contributed by atoms with Crippen LogP contribution in [0.4, 0.5) is 8.78 Å². The normalized spacial score (nSPS) is 10.4. The molecule has 0 spiro atoms. The molecular weight excluding hydrogens is 233 g/mol. The molecule has 0 aliphatic carbocycles. The molecule has 0 fully saturated rings. The topological polar surface area (TPSA) is 9.23 Å². The van der Waals surface area contributed by atoms with Crippen LogP contribution in [0.5, 0.6) is 5.75 Å². The van der Waals surface area contributed by atoms with Gasteiger partial charge in [0.15, 0.2) is 11.6 Å². The van der Waals surface area contributed by atoms with Crippen molar-refractivity contribution in [3.63, 3.8) is 0 Å². The molecule has 0 radical (unpaired) electrons. The molecule has 18 heavy (non-hydrogen) atoms. The van der Waals surface area contributed by atoms with Gasteiger partial charge in [-0.25, -0.2) is 8.78 Å². The molecule has 0 aliphatic rings. The SMILES string of the molecule is Bc1ccc(OCc2ccc(F)c(C)c2)c(F)c1. The van der Waals surface area contributed by atoms with E-state index < -0.39 is 0 Å². The zero-order valence-electron chi connectivity index (χ0n) is 10.3. The summed E-state index contributed by atoms with van der Waals surface area (Å²) < 4.78 is 32.0. The highest BCUT2D eigenvalue weighted by molar-refractivity contribution is 6.32. The van der Waals surface area contributed by atoms with E-state index >= 15 is 0 Å². The average Bonchev–Trinajstić information content (AvgIpc) is 2.32. The predicted molar refractivity (Wildman–Crippen MR) is 70.0 cm³/mol. The van der Waals surface area contributed by atoms with Gasteiger partial charge in [0, 0.05) is 0 Å². The first-order chi connectivity index (χ1) is 8.56. The fourth-order valence-corrected chi connectivity index (χ4v) is 1.68. The summed E-state index contributed by atoms with van der Waals surface area (Å²) in [5.74, 6) is -0.420. The van der Waals surface area contributed by atoms with Crippen LogP contribution in [0.1, 0.15) is 11.1 Å². The Labute approximate surface area is 106 Å². The Morgan fingerprint density at radius 2 is 1.83 bits per heavy atom. The third kappa shape index (κ3) is 2.89. The standard InChI is InChI=1S/C14H13BF2O/c1-9-6-10(2-4-12(9)16)8-18-14-5-3-11(15)7-13(14)17/h2-7H,8,15H2,1H3. The van der Waals surface area contributed by atoms with Gasteiger partial charge in [-0.05, 0) is 42.3 Å². The number of aryl methyl sites for hydroxylation is 1. The minimum absolute atomic E-state index is 0.211. The van der Waals surface area contributed by atoms with Crippen molar-refractivity contribution in [1.82, 2.24) is 0 Å². The lowest BCUT2D eigenvalue weighted by Gasteiger charge is -2.08. The molecular formula is C14H13BF2O. The highest BCUT2D eigenvalue weighted by atomic mass is 19.1. The molecule has 0 saturated carbocycles. The van der Waals surface area contributed by atoms with E-state index in [1.54, 1.807) is 31.2 Å². The van der Waals surface area contributed by atoms with Crippen molar-refractivity contribution in [3.8, 4) is 5.75 Å². The third-order valence-corrected chi connectivity index (χ3v) is 2.70. The molecule has 4 heteroatoms. The molecule has 1 nitrogen and oxygen atoms in total. The van der Waals surface area contributed by atoms with Crippen LogP contribution in [0.25, 0.3) is 0 Å². The molecule has 0 atom stereocenters. The lowest BCUT2D eigenvalue weighted by atomic mass is 9.96. The fourth-order valence-electron chi connectivity index (χ4n) is 1.68. The van der Waals surface area contributed by atoms with Gasteiger partial charge in [-0.3, -0.25) is 0 Å². The van der Waals surface area contributed by atoms with Crippen molar-refractivity contribution in [1.29, 1.82) is 0 Å². The highest BCUT2D eigenvalue weighted by Gasteiger charge is 2.04. The van der Waals surface area contributed by atoms with Crippen molar-refractivity contribution < 1.29 is 13.5 Å². The summed E-state index contributed by atoms with van der Waals surface area (Å²) in [7, 11) is 1.82. The number of ether oxygens (including phenoxy) is 1. The van der Waals surface area contributed by atoms with Crippen LogP contribution < -0.4 is 10.2 Å². The molecule has 0 aromatic heterocycles. The van der Waals surface area contributed by atoms with Gasteiger partial charge in [-0.15, -0.1) is 0 Å². The summed E-state index contributed by atoms with van der Waals surface area (Å²) in [5, 5.41) is 0. The van der Waals surface area contributed by atoms with Gasteiger partial charge in [0.1, 0.15) is 20.3 Å². The van der Waals surface area contributed by atoms with E-state index in [0.717, 1.165) is 11.0 Å². The van der Waals surface area contributed by atoms with Gasteiger partial charge in [0.2, 0.25) is 0 Å². The predicted octanol–water partition coefficient (Wildman–Crippen LogP) is 2.11. The van der Waals surface area contributed by atoms with E-state index in [4.69, 9.17) is 4.74 Å². The highest BCUT2D eigenvalue weighted by Crippen LogP contribution is 2.17. The summed E-state index contributed by atoms with van der Waals surface area (Å²) in [4.78, 5) is 0. The Kier molecular flexibility index (Phi) is 3.65. The smallest absolute Gasteiger partial charge is 0.164 e. The summed E-state index contributed by atoms with van der Waals surface area (Å²) in [6.07, 6.45) is 0. The lowest BCUT2D eigenvalue weighted by Crippen LogP contribution is -2.05. The van der Waals surface area contributed by atoms with E-state index in [9.17, 15) is 8.78 Å². The molecule has 92 valence electrons. The molecule has 0 N–H and O–H groups in total. The van der Waals surface area contributed by atoms with Crippen LogP contribution in [0.2, 0.25) is 0 Å². The summed E-state index contributed by atoms with van der Waals surface area (Å²) in [5.41, 5.74) is 2.21. The second-order valence-corrected chi connectivity index (χ2v) is 4.31. The van der Waals surface area contributed by atoms with Crippen molar-refractivity contribution in [3.05, 3.63) is 59.2 Å². The molecule has 0 aliphatic heterocycles. The Morgan fingerprint density at radius 3 is 2.50 bits per heavy atom. The molecule has 0 bridgehead atoms. The number of rotatable bonds is 3. The summed E-state index contributed by atoms with van der Waals surface area (Å²) in [6, 6.07) is 9.52. The van der Waals surface area contributed by atoms with Gasteiger partial charge >= 0.3 is 0 Å². The molecule has 2 rings (SSSR count). The van der Waals surface area contributed by atoms with Crippen molar-refractivity contribution in [2.24, 2.45) is 0 Å². The molecule has 0 heterocycles. The summed E-state index contributed by atoms with van der Waals surface area (Å²) in [6.45, 7) is 1.91. The van der Waals surface area contributed by atoms with Gasteiger partial charge in [-0.2, -0.15) is 0 Å². The Bertz CT molecular complexity index is 570. The molecule has 0 unspecified atom stereocenters. The first-order valence-corrected chi connectivity index (χ1v) is 5.70. The van der Waals surface area contributed by atoms with Gasteiger partial charge in [0.25, 0.3) is 0 Å². The third-order valence-electron chi connectivity index (χ3n) is 2.70. The second-order valence-electron chi connectivity index (χ2n) is 4.31. The zero-order valence-corrected chi connectivity index (χ0v) is 10.3. The first-order valence-electron chi connectivity index (χ1n) is 5.70. The quantitative estimate of drug-likeness (QED) is 0.753. The largest absolute Gasteiger partial charge is 0.486 e. The minimum atomic E-state index is -0.381. The second kappa shape index (κ2) is 5.21. The maximum atomic E-state index is 13.5. The Balaban J connectivity index is 2.09. The number of benzene rings is 2. The Morgan fingerprint density at radius 1 is 1.06 bits per heavy atom. The van der Waals surface area contributed by atoms with Gasteiger partial charge in [-0.1, -0.05) is 17.6 Å². The van der Waals surface area contributed by atoms with Crippen LogP contribution in [0.15, 0.2) is 36.4 Å². The van der Waals surface area contributed by atoms with E-state index in [1.807, 2.05) is 7.85 Å². The molecule has 0 saturated heterocycles. The van der Waals surface area contributed by atoms with Gasteiger partial charge < -0.3 is 4.74 Å². The first kappa shape index (κ1) is 12.6. The number of halogens is 2. The maximum Gasteiger partial charge on any atom is 0.164 e. The monoisotopic (exact) mass is 246 g/mol. The van der Waals surface area contributed by atoms with Crippen LogP contribution >= 0.6 is 0 Å². The van der Waals surface area contributed by atoms with Crippen LogP contribution in [-0.2, 0) is 6.61 Å².